The highest BCUT2D eigenvalue weighted by molar-refractivity contribution is 5.98. The first-order valence-electron chi connectivity index (χ1n) is 8.25. The summed E-state index contributed by atoms with van der Waals surface area (Å²) in [5.41, 5.74) is 0. The number of hydrogen-bond donors (Lipinski definition) is 1. The molecule has 0 spiro atoms. The fraction of sp³-hybridized carbons (Fsp3) is 0.286. The molecule has 0 bridgehead atoms. The van der Waals surface area contributed by atoms with Crippen LogP contribution >= 0.6 is 0 Å². The summed E-state index contributed by atoms with van der Waals surface area (Å²) in [6.07, 6.45) is 8.23. The maximum Gasteiger partial charge on any atom is -0.00167 e. The molecule has 112 valence electrons. The van der Waals surface area contributed by atoms with Gasteiger partial charge in [-0.25, -0.2) is 0 Å². The quantitative estimate of drug-likeness (QED) is 0.407. The van der Waals surface area contributed by atoms with Crippen LogP contribution < -0.4 is 0 Å². The Bertz CT molecular complexity index is 649. The van der Waals surface area contributed by atoms with Gasteiger partial charge in [0.2, 0.25) is 0 Å². The lowest BCUT2D eigenvalue weighted by Crippen LogP contribution is -2.05. The van der Waals surface area contributed by atoms with Gasteiger partial charge in [-0.15, -0.1) is 0 Å². The molecule has 0 atom stereocenters. The highest BCUT2D eigenvalue weighted by atomic mass is 14.4. The molecular formula is C21H23N. The van der Waals surface area contributed by atoms with Crippen LogP contribution in [0.1, 0.15) is 32.1 Å². The number of benzene rings is 3. The minimum Gasteiger partial charge on any atom is -0.313 e. The summed E-state index contributed by atoms with van der Waals surface area (Å²) in [5, 5.41) is 12.2. The number of nitrogens with one attached hydrogen (secondary N) is 1. The standard InChI is InChI=1S/C14H10.C7H13N/c1-2-6-12-10-14-8-4-3-7-13(14)9-11(12)5-1;8-6-7-4-2-1-3-5-7/h1-10H;6-8H,1-5H2. The second-order valence-electron chi connectivity index (χ2n) is 6.11. The minimum absolute atomic E-state index is 0.628. The zero-order chi connectivity index (χ0) is 15.2. The van der Waals surface area contributed by atoms with Gasteiger partial charge in [0, 0.05) is 0 Å². The first-order valence-corrected chi connectivity index (χ1v) is 8.25. The van der Waals surface area contributed by atoms with E-state index in [1.54, 1.807) is 6.21 Å². The van der Waals surface area contributed by atoms with E-state index in [1.807, 2.05) is 0 Å². The van der Waals surface area contributed by atoms with Crippen LogP contribution in [-0.4, -0.2) is 6.21 Å². The zero-order valence-corrected chi connectivity index (χ0v) is 13.0. The molecule has 1 N–H and O–H groups in total. The summed E-state index contributed by atoms with van der Waals surface area (Å²) in [4.78, 5) is 0. The van der Waals surface area contributed by atoms with E-state index in [4.69, 9.17) is 5.41 Å². The molecule has 0 unspecified atom stereocenters. The largest absolute Gasteiger partial charge is 0.313 e. The van der Waals surface area contributed by atoms with Gasteiger partial charge in [0.25, 0.3) is 0 Å². The van der Waals surface area contributed by atoms with E-state index >= 15 is 0 Å². The van der Waals surface area contributed by atoms with Crippen LogP contribution in [0, 0.1) is 11.3 Å². The smallest absolute Gasteiger partial charge is 0.00167 e. The van der Waals surface area contributed by atoms with Crippen LogP contribution in [0.3, 0.4) is 0 Å². The average molecular weight is 289 g/mol. The van der Waals surface area contributed by atoms with Crippen molar-refractivity contribution in [3.8, 4) is 0 Å². The van der Waals surface area contributed by atoms with Crippen molar-refractivity contribution in [1.82, 2.24) is 0 Å². The van der Waals surface area contributed by atoms with Gasteiger partial charge in [-0.3, -0.25) is 0 Å². The van der Waals surface area contributed by atoms with Crippen molar-refractivity contribution in [1.29, 1.82) is 5.41 Å². The van der Waals surface area contributed by atoms with Gasteiger partial charge in [0.1, 0.15) is 0 Å². The lowest BCUT2D eigenvalue weighted by molar-refractivity contribution is 0.444. The van der Waals surface area contributed by atoms with E-state index in [0.29, 0.717) is 5.92 Å². The lowest BCUT2D eigenvalue weighted by Gasteiger charge is -2.15. The maximum atomic E-state index is 6.97. The molecule has 0 aromatic heterocycles. The molecule has 1 aliphatic rings. The third-order valence-electron chi connectivity index (χ3n) is 4.50. The van der Waals surface area contributed by atoms with Gasteiger partial charge in [-0.05, 0) is 58.7 Å². The predicted octanol–water partition coefficient (Wildman–Crippen LogP) is 6.21. The Balaban J connectivity index is 0.000000154. The molecular weight excluding hydrogens is 266 g/mol. The van der Waals surface area contributed by atoms with Crippen LogP contribution in [0.5, 0.6) is 0 Å². The van der Waals surface area contributed by atoms with E-state index < -0.39 is 0 Å². The topological polar surface area (TPSA) is 23.9 Å². The van der Waals surface area contributed by atoms with Gasteiger partial charge < -0.3 is 5.41 Å². The SMILES string of the molecule is N=CC1CCCCC1.c1ccc2cc3ccccc3cc2c1. The zero-order valence-electron chi connectivity index (χ0n) is 13.0. The fourth-order valence-electron chi connectivity index (χ4n) is 3.18. The first kappa shape index (κ1) is 14.8. The Kier molecular flexibility index (Phi) is 4.85. The molecule has 4 rings (SSSR count). The Morgan fingerprint density at radius 1 is 0.682 bits per heavy atom. The Labute approximate surface area is 132 Å². The maximum absolute atomic E-state index is 6.97. The lowest BCUT2D eigenvalue weighted by atomic mass is 9.90. The molecule has 3 aromatic rings. The van der Waals surface area contributed by atoms with Crippen molar-refractivity contribution in [3.63, 3.8) is 0 Å². The van der Waals surface area contributed by atoms with Crippen molar-refractivity contribution in [3.05, 3.63) is 60.7 Å². The van der Waals surface area contributed by atoms with Gasteiger partial charge in [-0.2, -0.15) is 0 Å². The second kappa shape index (κ2) is 7.22. The van der Waals surface area contributed by atoms with E-state index in [0.717, 1.165) is 0 Å². The van der Waals surface area contributed by atoms with Crippen LogP contribution in [-0.2, 0) is 0 Å². The summed E-state index contributed by atoms with van der Waals surface area (Å²) in [5.74, 6) is 0.628. The molecule has 0 radical (unpaired) electrons. The second-order valence-corrected chi connectivity index (χ2v) is 6.11. The molecule has 0 saturated heterocycles. The van der Waals surface area contributed by atoms with Crippen molar-refractivity contribution < 1.29 is 0 Å². The van der Waals surface area contributed by atoms with Gasteiger partial charge in [0.15, 0.2) is 0 Å². The molecule has 1 nitrogen and oxygen atoms in total. The highest BCUT2D eigenvalue weighted by Crippen LogP contribution is 2.22. The summed E-state index contributed by atoms with van der Waals surface area (Å²) >= 11 is 0. The molecule has 22 heavy (non-hydrogen) atoms. The van der Waals surface area contributed by atoms with Crippen LogP contribution in [0.15, 0.2) is 60.7 Å². The number of fused-ring (bicyclic) bond motifs is 2. The molecule has 1 fully saturated rings. The van der Waals surface area contributed by atoms with Gasteiger partial charge >= 0.3 is 0 Å². The van der Waals surface area contributed by atoms with Crippen molar-refractivity contribution in [2.45, 2.75) is 32.1 Å². The Hall–Kier alpha value is -2.15. The van der Waals surface area contributed by atoms with E-state index in [-0.39, 0.29) is 0 Å². The average Bonchev–Trinajstić information content (AvgIpc) is 2.61. The Morgan fingerprint density at radius 2 is 1.09 bits per heavy atom. The monoisotopic (exact) mass is 289 g/mol. The molecule has 1 saturated carbocycles. The number of rotatable bonds is 1. The number of hydrogen-bond acceptors (Lipinski definition) is 1. The van der Waals surface area contributed by atoms with Crippen LogP contribution in [0.2, 0.25) is 0 Å². The molecule has 0 aliphatic heterocycles. The molecule has 0 amide bonds. The highest BCUT2D eigenvalue weighted by Gasteiger charge is 2.08. The summed E-state index contributed by atoms with van der Waals surface area (Å²) in [7, 11) is 0. The first-order chi connectivity index (χ1) is 10.9. The Morgan fingerprint density at radius 3 is 1.41 bits per heavy atom. The summed E-state index contributed by atoms with van der Waals surface area (Å²) < 4.78 is 0. The van der Waals surface area contributed by atoms with E-state index in [9.17, 15) is 0 Å². The normalized spacial score (nSPS) is 15.3. The summed E-state index contributed by atoms with van der Waals surface area (Å²) in [6.45, 7) is 0. The molecule has 0 heterocycles. The van der Waals surface area contributed by atoms with E-state index in [2.05, 4.69) is 60.7 Å². The van der Waals surface area contributed by atoms with Gasteiger partial charge in [0.05, 0.1) is 0 Å². The molecule has 1 aliphatic carbocycles. The van der Waals surface area contributed by atoms with Crippen LogP contribution in [0.25, 0.3) is 21.5 Å². The summed E-state index contributed by atoms with van der Waals surface area (Å²) in [6, 6.07) is 21.4. The minimum atomic E-state index is 0.628. The third kappa shape index (κ3) is 3.54. The van der Waals surface area contributed by atoms with Crippen molar-refractivity contribution in [2.24, 2.45) is 5.92 Å². The molecule has 3 aromatic carbocycles. The third-order valence-corrected chi connectivity index (χ3v) is 4.50. The van der Waals surface area contributed by atoms with Gasteiger partial charge in [-0.1, -0.05) is 67.8 Å². The predicted molar refractivity (Wildman–Crippen MR) is 96.8 cm³/mol. The van der Waals surface area contributed by atoms with Crippen molar-refractivity contribution >= 4 is 27.8 Å². The fourth-order valence-corrected chi connectivity index (χ4v) is 3.18. The van der Waals surface area contributed by atoms with Crippen molar-refractivity contribution in [2.75, 3.05) is 0 Å². The van der Waals surface area contributed by atoms with Crippen LogP contribution in [0.4, 0.5) is 0 Å². The molecule has 1 heteroatoms. The van der Waals surface area contributed by atoms with E-state index in [1.165, 1.54) is 53.6 Å².